The van der Waals surface area contributed by atoms with Gasteiger partial charge in [0.2, 0.25) is 0 Å². The molecule has 0 aliphatic carbocycles. The van der Waals surface area contributed by atoms with Gasteiger partial charge in [0.1, 0.15) is 5.82 Å². The molecule has 0 unspecified atom stereocenters. The van der Waals surface area contributed by atoms with Crippen LogP contribution in [0.3, 0.4) is 0 Å². The highest BCUT2D eigenvalue weighted by Crippen LogP contribution is 2.07. The fourth-order valence-electron chi connectivity index (χ4n) is 3.02. The van der Waals surface area contributed by atoms with Crippen LogP contribution in [-0.4, -0.2) is 73.6 Å². The van der Waals surface area contributed by atoms with Gasteiger partial charge in [-0.2, -0.15) is 0 Å². The van der Waals surface area contributed by atoms with Gasteiger partial charge in [0, 0.05) is 45.8 Å². The standard InChI is InChI=1S/C19H31FN4O/c1-3-24(16-17-7-6-8-18(20)15-17)19(25)21-9-4-5-10-23-13-11-22(2)12-14-23/h6-8,15H,3-5,9-14,16H2,1-2H3,(H,21,25). The first-order valence-electron chi connectivity index (χ1n) is 9.26. The Morgan fingerprint density at radius 2 is 2.00 bits per heavy atom. The minimum absolute atomic E-state index is 0.0774. The van der Waals surface area contributed by atoms with E-state index in [1.807, 2.05) is 13.0 Å². The summed E-state index contributed by atoms with van der Waals surface area (Å²) in [7, 11) is 2.16. The lowest BCUT2D eigenvalue weighted by Crippen LogP contribution is -2.44. The van der Waals surface area contributed by atoms with E-state index < -0.39 is 0 Å². The lowest BCUT2D eigenvalue weighted by molar-refractivity contribution is 0.152. The molecule has 0 radical (unpaired) electrons. The molecule has 1 aromatic carbocycles. The first-order valence-corrected chi connectivity index (χ1v) is 9.26. The maximum absolute atomic E-state index is 13.3. The maximum Gasteiger partial charge on any atom is 0.317 e. The van der Waals surface area contributed by atoms with E-state index in [9.17, 15) is 9.18 Å². The van der Waals surface area contributed by atoms with E-state index in [0.29, 0.717) is 19.6 Å². The average Bonchev–Trinajstić information content (AvgIpc) is 2.61. The van der Waals surface area contributed by atoms with Crippen molar-refractivity contribution in [2.45, 2.75) is 26.3 Å². The van der Waals surface area contributed by atoms with E-state index in [1.54, 1.807) is 11.0 Å². The quantitative estimate of drug-likeness (QED) is 0.732. The predicted molar refractivity (Wildman–Crippen MR) is 99.1 cm³/mol. The van der Waals surface area contributed by atoms with Crippen LogP contribution in [-0.2, 0) is 6.54 Å². The number of nitrogens with one attached hydrogen (secondary N) is 1. The van der Waals surface area contributed by atoms with Crippen molar-refractivity contribution in [3.8, 4) is 0 Å². The number of carbonyl (C=O) groups excluding carboxylic acids is 1. The van der Waals surface area contributed by atoms with Crippen molar-refractivity contribution in [1.82, 2.24) is 20.0 Å². The van der Waals surface area contributed by atoms with Crippen molar-refractivity contribution in [3.63, 3.8) is 0 Å². The van der Waals surface area contributed by atoms with Crippen molar-refractivity contribution in [1.29, 1.82) is 0 Å². The van der Waals surface area contributed by atoms with Crippen LogP contribution < -0.4 is 5.32 Å². The van der Waals surface area contributed by atoms with E-state index in [0.717, 1.165) is 51.1 Å². The van der Waals surface area contributed by atoms with Crippen molar-refractivity contribution < 1.29 is 9.18 Å². The van der Waals surface area contributed by atoms with E-state index in [2.05, 4.69) is 22.2 Å². The number of benzene rings is 1. The van der Waals surface area contributed by atoms with Gasteiger partial charge in [0.25, 0.3) is 0 Å². The SMILES string of the molecule is CCN(Cc1cccc(F)c1)C(=O)NCCCCN1CCN(C)CC1. The van der Waals surface area contributed by atoms with Gasteiger partial charge in [-0.05, 0) is 51.1 Å². The molecule has 140 valence electrons. The molecule has 1 N–H and O–H groups in total. The molecule has 1 heterocycles. The Bertz CT molecular complexity index is 532. The van der Waals surface area contributed by atoms with Crippen LogP contribution in [0, 0.1) is 5.82 Å². The van der Waals surface area contributed by atoms with Crippen molar-refractivity contribution in [2.24, 2.45) is 0 Å². The molecule has 0 saturated carbocycles. The molecule has 0 bridgehead atoms. The van der Waals surface area contributed by atoms with Gasteiger partial charge in [-0.1, -0.05) is 12.1 Å². The Hall–Kier alpha value is -1.66. The highest BCUT2D eigenvalue weighted by molar-refractivity contribution is 5.74. The first kappa shape index (κ1) is 19.7. The van der Waals surface area contributed by atoms with Crippen LogP contribution in [0.15, 0.2) is 24.3 Å². The number of unbranched alkanes of at least 4 members (excludes halogenated alkanes) is 1. The number of nitrogens with zero attached hydrogens (tertiary/aromatic N) is 3. The van der Waals surface area contributed by atoms with Crippen LogP contribution in [0.2, 0.25) is 0 Å². The monoisotopic (exact) mass is 350 g/mol. The fraction of sp³-hybridized carbons (Fsp3) is 0.632. The normalized spacial score (nSPS) is 16.0. The number of amides is 2. The molecule has 0 spiro atoms. The number of carbonyl (C=O) groups is 1. The Balaban J connectivity index is 1.63. The summed E-state index contributed by atoms with van der Waals surface area (Å²) >= 11 is 0. The summed E-state index contributed by atoms with van der Waals surface area (Å²) in [5.74, 6) is -0.266. The second kappa shape index (κ2) is 10.4. The van der Waals surface area contributed by atoms with Gasteiger partial charge in [-0.15, -0.1) is 0 Å². The molecule has 5 nitrogen and oxygen atoms in total. The molecule has 2 rings (SSSR count). The summed E-state index contributed by atoms with van der Waals surface area (Å²) in [5.41, 5.74) is 0.812. The Labute approximate surface area is 150 Å². The third-order valence-electron chi connectivity index (χ3n) is 4.70. The molecule has 0 aromatic heterocycles. The van der Waals surface area contributed by atoms with E-state index in [4.69, 9.17) is 0 Å². The van der Waals surface area contributed by atoms with Gasteiger partial charge in [0.15, 0.2) is 0 Å². The summed E-state index contributed by atoms with van der Waals surface area (Å²) in [5, 5.41) is 2.98. The van der Waals surface area contributed by atoms with E-state index in [-0.39, 0.29) is 11.8 Å². The third kappa shape index (κ3) is 7.00. The summed E-state index contributed by atoms with van der Waals surface area (Å²) < 4.78 is 13.3. The number of hydrogen-bond donors (Lipinski definition) is 1. The van der Waals surface area contributed by atoms with Crippen LogP contribution >= 0.6 is 0 Å². The van der Waals surface area contributed by atoms with Crippen LogP contribution in [0.25, 0.3) is 0 Å². The molecule has 1 aliphatic rings. The minimum Gasteiger partial charge on any atom is -0.338 e. The van der Waals surface area contributed by atoms with Crippen molar-refractivity contribution >= 4 is 6.03 Å². The van der Waals surface area contributed by atoms with Crippen LogP contribution in [0.4, 0.5) is 9.18 Å². The first-order chi connectivity index (χ1) is 12.1. The molecular formula is C19H31FN4O. The molecule has 1 aliphatic heterocycles. The summed E-state index contributed by atoms with van der Waals surface area (Å²) in [4.78, 5) is 18.8. The smallest absolute Gasteiger partial charge is 0.317 e. The average molecular weight is 350 g/mol. The second-order valence-electron chi connectivity index (χ2n) is 6.73. The summed E-state index contributed by atoms with van der Waals surface area (Å²) in [6.45, 7) is 9.32. The number of piperazine rings is 1. The zero-order valence-corrected chi connectivity index (χ0v) is 15.5. The van der Waals surface area contributed by atoms with Gasteiger partial charge in [-0.25, -0.2) is 9.18 Å². The number of urea groups is 1. The molecule has 6 heteroatoms. The Morgan fingerprint density at radius 1 is 1.24 bits per heavy atom. The molecule has 0 atom stereocenters. The zero-order chi connectivity index (χ0) is 18.1. The van der Waals surface area contributed by atoms with Gasteiger partial charge < -0.3 is 20.0 Å². The van der Waals surface area contributed by atoms with E-state index in [1.165, 1.54) is 12.1 Å². The minimum atomic E-state index is -0.266. The number of halogens is 1. The topological polar surface area (TPSA) is 38.8 Å². The largest absolute Gasteiger partial charge is 0.338 e. The third-order valence-corrected chi connectivity index (χ3v) is 4.70. The zero-order valence-electron chi connectivity index (χ0n) is 15.5. The molecular weight excluding hydrogens is 319 g/mol. The molecule has 2 amide bonds. The Kier molecular flexibility index (Phi) is 8.15. The number of rotatable bonds is 8. The lowest BCUT2D eigenvalue weighted by atomic mass is 10.2. The van der Waals surface area contributed by atoms with Gasteiger partial charge in [0.05, 0.1) is 0 Å². The molecule has 25 heavy (non-hydrogen) atoms. The second-order valence-corrected chi connectivity index (χ2v) is 6.73. The molecule has 1 saturated heterocycles. The number of likely N-dealkylation sites (N-methyl/N-ethyl adjacent to an activating group) is 1. The predicted octanol–water partition coefficient (Wildman–Crippen LogP) is 2.38. The highest BCUT2D eigenvalue weighted by atomic mass is 19.1. The molecule has 1 aromatic rings. The summed E-state index contributed by atoms with van der Waals surface area (Å²) in [6.07, 6.45) is 2.08. The summed E-state index contributed by atoms with van der Waals surface area (Å²) in [6, 6.07) is 6.34. The molecule has 1 fully saturated rings. The Morgan fingerprint density at radius 3 is 2.68 bits per heavy atom. The number of hydrogen-bond acceptors (Lipinski definition) is 3. The maximum atomic E-state index is 13.3. The van der Waals surface area contributed by atoms with Crippen LogP contribution in [0.5, 0.6) is 0 Å². The van der Waals surface area contributed by atoms with Crippen molar-refractivity contribution in [3.05, 3.63) is 35.6 Å². The van der Waals surface area contributed by atoms with Gasteiger partial charge >= 0.3 is 6.03 Å². The highest BCUT2D eigenvalue weighted by Gasteiger charge is 2.14. The van der Waals surface area contributed by atoms with E-state index >= 15 is 0 Å². The van der Waals surface area contributed by atoms with Crippen LogP contribution in [0.1, 0.15) is 25.3 Å². The fourth-order valence-corrected chi connectivity index (χ4v) is 3.02. The van der Waals surface area contributed by atoms with Gasteiger partial charge in [-0.3, -0.25) is 0 Å². The van der Waals surface area contributed by atoms with Crippen molar-refractivity contribution in [2.75, 3.05) is 52.9 Å². The lowest BCUT2D eigenvalue weighted by Gasteiger charge is -2.32.